The molecule has 0 aliphatic carbocycles. The van der Waals surface area contributed by atoms with Crippen molar-refractivity contribution in [1.29, 1.82) is 0 Å². The molecule has 0 amide bonds. The minimum Gasteiger partial charge on any atom is -0.375 e. The van der Waals surface area contributed by atoms with Crippen LogP contribution in [0.1, 0.15) is 6.92 Å². The predicted octanol–water partition coefficient (Wildman–Crippen LogP) is -0.423. The molecule has 6 nitrogen and oxygen atoms in total. The molecule has 0 spiro atoms. The van der Waals surface area contributed by atoms with E-state index in [9.17, 15) is 4.79 Å². The van der Waals surface area contributed by atoms with E-state index in [0.717, 1.165) is 13.1 Å². The van der Waals surface area contributed by atoms with Crippen LogP contribution in [-0.2, 0) is 4.74 Å². The van der Waals surface area contributed by atoms with Crippen LogP contribution in [0.25, 0.3) is 0 Å². The van der Waals surface area contributed by atoms with Crippen molar-refractivity contribution in [3.63, 3.8) is 0 Å². The lowest BCUT2D eigenvalue weighted by Crippen LogP contribution is -2.42. The first-order valence-corrected chi connectivity index (χ1v) is 4.88. The first kappa shape index (κ1) is 9.97. The van der Waals surface area contributed by atoms with Gasteiger partial charge in [-0.3, -0.25) is 9.78 Å². The molecule has 0 radical (unpaired) electrons. The first-order chi connectivity index (χ1) is 7.15. The van der Waals surface area contributed by atoms with Crippen LogP contribution < -0.4 is 16.2 Å². The van der Waals surface area contributed by atoms with Gasteiger partial charge in [0.05, 0.1) is 12.7 Å². The van der Waals surface area contributed by atoms with Gasteiger partial charge in [0.15, 0.2) is 0 Å². The molecule has 6 heteroatoms. The number of nitrogens with zero attached hydrogens (tertiary/aromatic N) is 2. The molecule has 1 aliphatic rings. The summed E-state index contributed by atoms with van der Waals surface area (Å²) in [6.07, 6.45) is 0.154. The van der Waals surface area contributed by atoms with Crippen LogP contribution >= 0.6 is 0 Å². The van der Waals surface area contributed by atoms with E-state index in [1.165, 1.54) is 6.07 Å². The van der Waals surface area contributed by atoms with Crippen molar-refractivity contribution >= 4 is 11.8 Å². The number of aromatic nitrogens is 2. The Morgan fingerprint density at radius 2 is 2.53 bits per heavy atom. The first-order valence-electron chi connectivity index (χ1n) is 4.88. The van der Waals surface area contributed by atoms with Gasteiger partial charge >= 0.3 is 0 Å². The van der Waals surface area contributed by atoms with Crippen molar-refractivity contribution in [3.05, 3.63) is 16.4 Å². The van der Waals surface area contributed by atoms with Crippen LogP contribution in [0, 0.1) is 0 Å². The van der Waals surface area contributed by atoms with E-state index >= 15 is 0 Å². The molecule has 0 saturated carbocycles. The fourth-order valence-electron chi connectivity index (χ4n) is 1.65. The van der Waals surface area contributed by atoms with Gasteiger partial charge in [-0.2, -0.15) is 4.98 Å². The van der Waals surface area contributed by atoms with Crippen molar-refractivity contribution in [1.82, 2.24) is 9.97 Å². The Bertz CT molecular complexity index is 403. The Labute approximate surface area is 87.1 Å². The molecular formula is C9H14N4O2. The second-order valence-corrected chi connectivity index (χ2v) is 3.62. The van der Waals surface area contributed by atoms with E-state index in [4.69, 9.17) is 10.5 Å². The Kier molecular flexibility index (Phi) is 2.59. The van der Waals surface area contributed by atoms with E-state index in [2.05, 4.69) is 9.97 Å². The number of hydrogen-bond donors (Lipinski definition) is 2. The highest BCUT2D eigenvalue weighted by Gasteiger charge is 2.18. The molecule has 1 aromatic rings. The SMILES string of the molecule is C[C@@H]1CN(c2cc(=O)[nH]c(N)n2)CCO1. The lowest BCUT2D eigenvalue weighted by molar-refractivity contribution is 0.0529. The summed E-state index contributed by atoms with van der Waals surface area (Å²) >= 11 is 0. The number of anilines is 2. The summed E-state index contributed by atoms with van der Waals surface area (Å²) in [6, 6.07) is 1.45. The number of hydrogen-bond acceptors (Lipinski definition) is 5. The quantitative estimate of drug-likeness (QED) is 0.657. The predicted molar refractivity (Wildman–Crippen MR) is 56.9 cm³/mol. The molecule has 0 bridgehead atoms. The Morgan fingerprint density at radius 3 is 3.20 bits per heavy atom. The van der Waals surface area contributed by atoms with Gasteiger partial charge in [0.1, 0.15) is 5.82 Å². The number of nitrogen functional groups attached to an aromatic ring is 1. The molecule has 1 aromatic heterocycles. The Balaban J connectivity index is 2.24. The van der Waals surface area contributed by atoms with Gasteiger partial charge in [-0.1, -0.05) is 0 Å². The van der Waals surface area contributed by atoms with E-state index in [1.54, 1.807) is 0 Å². The molecule has 1 aliphatic heterocycles. The van der Waals surface area contributed by atoms with Crippen molar-refractivity contribution in [3.8, 4) is 0 Å². The number of ether oxygens (including phenoxy) is 1. The number of nitrogens with two attached hydrogens (primary N) is 1. The van der Waals surface area contributed by atoms with Crippen LogP contribution in [0.5, 0.6) is 0 Å². The van der Waals surface area contributed by atoms with Crippen LogP contribution in [0.4, 0.5) is 11.8 Å². The highest BCUT2D eigenvalue weighted by atomic mass is 16.5. The summed E-state index contributed by atoms with van der Waals surface area (Å²) in [5, 5.41) is 0. The second kappa shape index (κ2) is 3.90. The summed E-state index contributed by atoms with van der Waals surface area (Å²) in [5.41, 5.74) is 5.25. The fraction of sp³-hybridized carbons (Fsp3) is 0.556. The summed E-state index contributed by atoms with van der Waals surface area (Å²) in [4.78, 5) is 19.7. The zero-order chi connectivity index (χ0) is 10.8. The van der Waals surface area contributed by atoms with Crippen LogP contribution in [-0.4, -0.2) is 35.8 Å². The lowest BCUT2D eigenvalue weighted by atomic mass is 10.3. The average Bonchev–Trinajstić information content (AvgIpc) is 2.16. The fourth-order valence-corrected chi connectivity index (χ4v) is 1.65. The Hall–Kier alpha value is -1.56. The summed E-state index contributed by atoms with van der Waals surface area (Å²) < 4.78 is 5.40. The lowest BCUT2D eigenvalue weighted by Gasteiger charge is -2.31. The summed E-state index contributed by atoms with van der Waals surface area (Å²) in [5.74, 6) is 0.767. The molecular weight excluding hydrogens is 196 g/mol. The molecule has 82 valence electrons. The third kappa shape index (κ3) is 2.27. The normalized spacial score (nSPS) is 21.7. The molecule has 2 heterocycles. The molecule has 2 rings (SSSR count). The maximum atomic E-state index is 11.2. The number of aromatic amines is 1. The topological polar surface area (TPSA) is 84.2 Å². The molecule has 0 unspecified atom stereocenters. The van der Waals surface area contributed by atoms with Gasteiger partial charge in [0, 0.05) is 19.2 Å². The monoisotopic (exact) mass is 210 g/mol. The van der Waals surface area contributed by atoms with Crippen molar-refractivity contribution in [2.75, 3.05) is 30.3 Å². The Morgan fingerprint density at radius 1 is 1.73 bits per heavy atom. The number of morpholine rings is 1. The zero-order valence-electron chi connectivity index (χ0n) is 8.56. The molecule has 3 N–H and O–H groups in total. The highest BCUT2D eigenvalue weighted by Crippen LogP contribution is 2.13. The summed E-state index contributed by atoms with van der Waals surface area (Å²) in [6.45, 7) is 4.11. The minimum atomic E-state index is -0.225. The van der Waals surface area contributed by atoms with Crippen molar-refractivity contribution < 1.29 is 4.74 Å². The van der Waals surface area contributed by atoms with E-state index in [1.807, 2.05) is 11.8 Å². The van der Waals surface area contributed by atoms with Crippen LogP contribution in [0.2, 0.25) is 0 Å². The van der Waals surface area contributed by atoms with Crippen molar-refractivity contribution in [2.45, 2.75) is 13.0 Å². The minimum absolute atomic E-state index is 0.150. The van der Waals surface area contributed by atoms with Gasteiger partial charge in [-0.15, -0.1) is 0 Å². The molecule has 15 heavy (non-hydrogen) atoms. The standard InChI is InChI=1S/C9H14N4O2/c1-6-5-13(2-3-15-6)7-4-8(14)12-9(10)11-7/h4,6H,2-3,5H2,1H3,(H3,10,11,12,14)/t6-/m1/s1. The third-order valence-electron chi connectivity index (χ3n) is 2.31. The van der Waals surface area contributed by atoms with E-state index < -0.39 is 0 Å². The van der Waals surface area contributed by atoms with E-state index in [-0.39, 0.29) is 17.6 Å². The van der Waals surface area contributed by atoms with Crippen LogP contribution in [0.15, 0.2) is 10.9 Å². The van der Waals surface area contributed by atoms with Gasteiger partial charge in [0.2, 0.25) is 5.95 Å². The summed E-state index contributed by atoms with van der Waals surface area (Å²) in [7, 11) is 0. The zero-order valence-corrected chi connectivity index (χ0v) is 8.56. The third-order valence-corrected chi connectivity index (χ3v) is 2.31. The average molecular weight is 210 g/mol. The largest absolute Gasteiger partial charge is 0.375 e. The maximum Gasteiger partial charge on any atom is 0.254 e. The molecule has 0 aromatic carbocycles. The van der Waals surface area contributed by atoms with E-state index in [0.29, 0.717) is 12.4 Å². The maximum absolute atomic E-state index is 11.2. The number of nitrogens with one attached hydrogen (secondary N) is 1. The number of rotatable bonds is 1. The molecule has 1 fully saturated rings. The van der Waals surface area contributed by atoms with Gasteiger partial charge < -0.3 is 15.4 Å². The molecule has 1 atom stereocenters. The molecule has 1 saturated heterocycles. The second-order valence-electron chi connectivity index (χ2n) is 3.62. The number of H-pyrrole nitrogens is 1. The van der Waals surface area contributed by atoms with Gasteiger partial charge in [0.25, 0.3) is 5.56 Å². The van der Waals surface area contributed by atoms with Gasteiger partial charge in [-0.25, -0.2) is 0 Å². The highest BCUT2D eigenvalue weighted by molar-refractivity contribution is 5.41. The smallest absolute Gasteiger partial charge is 0.254 e. The van der Waals surface area contributed by atoms with Gasteiger partial charge in [-0.05, 0) is 6.92 Å². The van der Waals surface area contributed by atoms with Crippen LogP contribution in [0.3, 0.4) is 0 Å². The van der Waals surface area contributed by atoms with Crippen molar-refractivity contribution in [2.24, 2.45) is 0 Å².